The monoisotopic (exact) mass is 241 g/mol. The molecule has 0 radical (unpaired) electrons. The fourth-order valence-corrected chi connectivity index (χ4v) is 2.44. The van der Waals surface area contributed by atoms with Crippen molar-refractivity contribution in [2.45, 2.75) is 64.5 Å². The molecule has 1 saturated carbocycles. The van der Waals surface area contributed by atoms with Crippen LogP contribution in [0, 0.1) is 5.92 Å². The Morgan fingerprint density at radius 1 is 1.29 bits per heavy atom. The van der Waals surface area contributed by atoms with Gasteiger partial charge < -0.3 is 16.4 Å². The number of hydrogen-bond acceptors (Lipinski definition) is 2. The van der Waals surface area contributed by atoms with Gasteiger partial charge in [-0.25, -0.2) is 4.79 Å². The molecule has 0 saturated heterocycles. The van der Waals surface area contributed by atoms with Gasteiger partial charge in [-0.2, -0.15) is 0 Å². The van der Waals surface area contributed by atoms with Crippen LogP contribution in [0.4, 0.5) is 4.79 Å². The molecule has 0 aliphatic heterocycles. The highest BCUT2D eigenvalue weighted by molar-refractivity contribution is 5.74. The van der Waals surface area contributed by atoms with Crippen molar-refractivity contribution in [3.63, 3.8) is 0 Å². The third-order valence-electron chi connectivity index (χ3n) is 3.32. The first-order valence-corrected chi connectivity index (χ1v) is 6.89. The van der Waals surface area contributed by atoms with E-state index in [2.05, 4.69) is 24.5 Å². The Morgan fingerprint density at radius 3 is 2.47 bits per heavy atom. The van der Waals surface area contributed by atoms with Gasteiger partial charge in [0, 0.05) is 18.6 Å². The largest absolute Gasteiger partial charge is 0.335 e. The Kier molecular flexibility index (Phi) is 6.34. The molecule has 0 bridgehead atoms. The SMILES string of the molecule is CC(C)CC(CN)NC(=O)NC1CCCCC1. The minimum absolute atomic E-state index is 0.0481. The first kappa shape index (κ1) is 14.3. The summed E-state index contributed by atoms with van der Waals surface area (Å²) in [7, 11) is 0. The lowest BCUT2D eigenvalue weighted by Crippen LogP contribution is -2.49. The van der Waals surface area contributed by atoms with Crippen molar-refractivity contribution in [3.8, 4) is 0 Å². The first-order valence-electron chi connectivity index (χ1n) is 6.89. The van der Waals surface area contributed by atoms with E-state index in [4.69, 9.17) is 5.73 Å². The van der Waals surface area contributed by atoms with Crippen molar-refractivity contribution < 1.29 is 4.79 Å². The summed E-state index contributed by atoms with van der Waals surface area (Å²) in [5, 5.41) is 6.02. The molecular formula is C13H27N3O. The van der Waals surface area contributed by atoms with Gasteiger partial charge in [-0.05, 0) is 25.2 Å². The lowest BCUT2D eigenvalue weighted by atomic mass is 9.96. The van der Waals surface area contributed by atoms with Crippen molar-refractivity contribution in [2.75, 3.05) is 6.54 Å². The molecule has 100 valence electrons. The maximum Gasteiger partial charge on any atom is 0.315 e. The van der Waals surface area contributed by atoms with E-state index in [0.29, 0.717) is 18.5 Å². The quantitative estimate of drug-likeness (QED) is 0.689. The maximum atomic E-state index is 11.8. The van der Waals surface area contributed by atoms with E-state index in [9.17, 15) is 4.79 Å². The summed E-state index contributed by atoms with van der Waals surface area (Å²) in [4.78, 5) is 11.8. The molecule has 1 atom stereocenters. The van der Waals surface area contributed by atoms with Crippen LogP contribution in [0.25, 0.3) is 0 Å². The zero-order valence-electron chi connectivity index (χ0n) is 11.2. The summed E-state index contributed by atoms with van der Waals surface area (Å²) >= 11 is 0. The minimum atomic E-state index is -0.0481. The topological polar surface area (TPSA) is 67.1 Å². The Labute approximate surface area is 105 Å². The fraction of sp³-hybridized carbons (Fsp3) is 0.923. The van der Waals surface area contributed by atoms with Crippen LogP contribution in [0.1, 0.15) is 52.4 Å². The van der Waals surface area contributed by atoms with Gasteiger partial charge in [0.2, 0.25) is 0 Å². The van der Waals surface area contributed by atoms with Gasteiger partial charge in [0.25, 0.3) is 0 Å². The molecule has 0 spiro atoms. The molecule has 1 rings (SSSR count). The van der Waals surface area contributed by atoms with Crippen molar-refractivity contribution in [1.29, 1.82) is 0 Å². The Bertz CT molecular complexity index is 225. The van der Waals surface area contributed by atoms with Gasteiger partial charge >= 0.3 is 6.03 Å². The van der Waals surface area contributed by atoms with Crippen LogP contribution in [0.3, 0.4) is 0 Å². The van der Waals surface area contributed by atoms with Crippen molar-refractivity contribution in [3.05, 3.63) is 0 Å². The highest BCUT2D eigenvalue weighted by atomic mass is 16.2. The maximum absolute atomic E-state index is 11.8. The predicted molar refractivity (Wildman–Crippen MR) is 70.8 cm³/mol. The highest BCUT2D eigenvalue weighted by Crippen LogP contribution is 2.17. The van der Waals surface area contributed by atoms with Gasteiger partial charge in [-0.3, -0.25) is 0 Å². The molecule has 0 aromatic carbocycles. The number of amides is 2. The van der Waals surface area contributed by atoms with Crippen molar-refractivity contribution in [1.82, 2.24) is 10.6 Å². The Hall–Kier alpha value is -0.770. The summed E-state index contributed by atoms with van der Waals surface area (Å²) in [6.07, 6.45) is 6.94. The number of carbonyl (C=O) groups excluding carboxylic acids is 1. The average Bonchev–Trinajstić information content (AvgIpc) is 2.28. The van der Waals surface area contributed by atoms with E-state index >= 15 is 0 Å². The second kappa shape index (κ2) is 7.54. The Morgan fingerprint density at radius 2 is 1.94 bits per heavy atom. The smallest absolute Gasteiger partial charge is 0.315 e. The molecule has 1 fully saturated rings. The van der Waals surface area contributed by atoms with E-state index in [0.717, 1.165) is 19.3 Å². The molecule has 1 unspecified atom stereocenters. The van der Waals surface area contributed by atoms with Gasteiger partial charge in [0.15, 0.2) is 0 Å². The standard InChI is InChI=1S/C13H27N3O/c1-10(2)8-12(9-14)16-13(17)15-11-6-4-3-5-7-11/h10-12H,3-9,14H2,1-2H3,(H2,15,16,17). The van der Waals surface area contributed by atoms with Gasteiger partial charge in [0.1, 0.15) is 0 Å². The predicted octanol–water partition coefficient (Wildman–Crippen LogP) is 1.99. The van der Waals surface area contributed by atoms with Crippen LogP contribution in [-0.4, -0.2) is 24.7 Å². The van der Waals surface area contributed by atoms with Gasteiger partial charge in [-0.1, -0.05) is 33.1 Å². The molecule has 4 nitrogen and oxygen atoms in total. The van der Waals surface area contributed by atoms with Gasteiger partial charge in [0.05, 0.1) is 0 Å². The molecule has 0 aromatic rings. The summed E-state index contributed by atoms with van der Waals surface area (Å²) in [5.74, 6) is 0.554. The summed E-state index contributed by atoms with van der Waals surface area (Å²) in [6.45, 7) is 4.79. The van der Waals surface area contributed by atoms with Crippen molar-refractivity contribution in [2.24, 2.45) is 11.7 Å². The fourth-order valence-electron chi connectivity index (χ4n) is 2.44. The normalized spacial score (nSPS) is 19.1. The number of rotatable bonds is 5. The molecule has 2 amide bonds. The Balaban J connectivity index is 2.26. The number of hydrogen-bond donors (Lipinski definition) is 3. The lowest BCUT2D eigenvalue weighted by molar-refractivity contribution is 0.227. The molecular weight excluding hydrogens is 214 g/mol. The molecule has 1 aliphatic carbocycles. The van der Waals surface area contributed by atoms with Crippen LogP contribution >= 0.6 is 0 Å². The van der Waals surface area contributed by atoms with E-state index in [1.165, 1.54) is 19.3 Å². The van der Waals surface area contributed by atoms with E-state index in [-0.39, 0.29) is 12.1 Å². The molecule has 4 heteroatoms. The summed E-state index contributed by atoms with van der Waals surface area (Å²) < 4.78 is 0. The van der Waals surface area contributed by atoms with Crippen LogP contribution in [-0.2, 0) is 0 Å². The third-order valence-corrected chi connectivity index (χ3v) is 3.32. The molecule has 0 aromatic heterocycles. The van der Waals surface area contributed by atoms with Crippen LogP contribution in [0.2, 0.25) is 0 Å². The number of nitrogens with one attached hydrogen (secondary N) is 2. The first-order chi connectivity index (χ1) is 8.11. The van der Waals surface area contributed by atoms with E-state index < -0.39 is 0 Å². The second-order valence-electron chi connectivity index (χ2n) is 5.51. The van der Waals surface area contributed by atoms with E-state index in [1.54, 1.807) is 0 Å². The molecule has 1 aliphatic rings. The number of carbonyl (C=O) groups is 1. The van der Waals surface area contributed by atoms with Crippen LogP contribution < -0.4 is 16.4 Å². The van der Waals surface area contributed by atoms with E-state index in [1.807, 2.05) is 0 Å². The van der Waals surface area contributed by atoms with Crippen molar-refractivity contribution >= 4 is 6.03 Å². The molecule has 4 N–H and O–H groups in total. The minimum Gasteiger partial charge on any atom is -0.335 e. The van der Waals surface area contributed by atoms with Gasteiger partial charge in [-0.15, -0.1) is 0 Å². The summed E-state index contributed by atoms with van der Waals surface area (Å²) in [5.41, 5.74) is 5.66. The van der Waals surface area contributed by atoms with Crippen LogP contribution in [0.15, 0.2) is 0 Å². The summed E-state index contributed by atoms with van der Waals surface area (Å²) in [6, 6.07) is 0.410. The molecule has 17 heavy (non-hydrogen) atoms. The zero-order chi connectivity index (χ0) is 12.7. The lowest BCUT2D eigenvalue weighted by Gasteiger charge is -2.25. The third kappa shape index (κ3) is 5.91. The molecule has 0 heterocycles. The number of nitrogens with two attached hydrogens (primary N) is 1. The second-order valence-corrected chi connectivity index (χ2v) is 5.51. The average molecular weight is 241 g/mol. The highest BCUT2D eigenvalue weighted by Gasteiger charge is 2.17. The number of urea groups is 1. The van der Waals surface area contributed by atoms with Crippen LogP contribution in [0.5, 0.6) is 0 Å². The zero-order valence-corrected chi connectivity index (χ0v) is 11.2.